The number of rotatable bonds is 14. The summed E-state index contributed by atoms with van der Waals surface area (Å²) in [5, 5.41) is 5.83. The molecule has 0 unspecified atom stereocenters. The van der Waals surface area contributed by atoms with Crippen LogP contribution in [0.2, 0.25) is 0 Å². The molecular weight excluding hydrogens is 771 g/mol. The van der Waals surface area contributed by atoms with E-state index in [1.807, 2.05) is 123 Å². The van der Waals surface area contributed by atoms with Crippen molar-refractivity contribution in [3.05, 3.63) is 149 Å². The lowest BCUT2D eigenvalue weighted by Gasteiger charge is -2.19. The molecule has 0 fully saturated rings. The molecule has 3 atom stereocenters. The normalized spacial score (nSPS) is 12.7. The molecule has 10 nitrogen and oxygen atoms in total. The highest BCUT2D eigenvalue weighted by Gasteiger charge is 2.29. The molecule has 0 aliphatic heterocycles. The number of ether oxygens (including phenoxy) is 6. The number of aryl methyl sites for hydroxylation is 1. The predicted octanol–water partition coefficient (Wildman–Crippen LogP) is 9.71. The largest absolute Gasteiger partial charge is 0.497 e. The van der Waals surface area contributed by atoms with Crippen LogP contribution in [0.1, 0.15) is 72.0 Å². The van der Waals surface area contributed by atoms with E-state index in [1.165, 1.54) is 0 Å². The van der Waals surface area contributed by atoms with Crippen LogP contribution >= 0.6 is 0 Å². The van der Waals surface area contributed by atoms with E-state index >= 15 is 0 Å². The number of pyridine rings is 1. The van der Waals surface area contributed by atoms with E-state index < -0.39 is 35.7 Å². The van der Waals surface area contributed by atoms with Gasteiger partial charge in [-0.3, -0.25) is 14.4 Å². The van der Waals surface area contributed by atoms with Crippen LogP contribution in [0.15, 0.2) is 115 Å². The Hall–Kier alpha value is -6.94. The number of esters is 3. The lowest BCUT2D eigenvalue weighted by molar-refractivity contribution is -0.678. The van der Waals surface area contributed by atoms with Gasteiger partial charge in [-0.05, 0) is 106 Å². The van der Waals surface area contributed by atoms with E-state index in [1.54, 1.807) is 52.9 Å². The van der Waals surface area contributed by atoms with E-state index in [0.717, 1.165) is 66.3 Å². The highest BCUT2D eigenvalue weighted by molar-refractivity contribution is 5.89. The molecule has 0 aliphatic carbocycles. The zero-order valence-corrected chi connectivity index (χ0v) is 35.7. The quantitative estimate of drug-likeness (QED) is 0.0783. The minimum Gasteiger partial charge on any atom is -0.497 e. The van der Waals surface area contributed by atoms with Gasteiger partial charge in [0, 0.05) is 6.92 Å². The molecule has 0 saturated heterocycles. The van der Waals surface area contributed by atoms with Crippen molar-refractivity contribution < 1.29 is 47.4 Å². The summed E-state index contributed by atoms with van der Waals surface area (Å²) in [7, 11) is 6.69. The SMILES string of the molecule is COc1ccc2cc([C@H](C)C(=O)OCc3c[n+](C)c(C)c(OC(=O)[C@@H](C)c4ccc5cc(OC)ccc5c4)c3COC(=O)[C@@H](C)c3ccc4cc(OC)ccc4c3)ccc2c1. The first-order valence-electron chi connectivity index (χ1n) is 20.2. The van der Waals surface area contributed by atoms with Crippen LogP contribution in [0.4, 0.5) is 0 Å². The van der Waals surface area contributed by atoms with Gasteiger partial charge in [-0.1, -0.05) is 72.8 Å². The van der Waals surface area contributed by atoms with Crippen molar-refractivity contribution in [3.8, 4) is 23.0 Å². The van der Waals surface area contributed by atoms with Crippen LogP contribution in [-0.2, 0) is 44.1 Å². The molecule has 61 heavy (non-hydrogen) atoms. The summed E-state index contributed by atoms with van der Waals surface area (Å²) in [4.78, 5) is 41.5. The molecule has 0 saturated carbocycles. The van der Waals surface area contributed by atoms with Gasteiger partial charge < -0.3 is 28.4 Å². The van der Waals surface area contributed by atoms with Crippen LogP contribution in [0.25, 0.3) is 32.3 Å². The number of hydrogen-bond acceptors (Lipinski definition) is 9. The third-order valence-corrected chi connectivity index (χ3v) is 11.6. The average molecular weight is 821 g/mol. The maximum absolute atomic E-state index is 14.0. The summed E-state index contributed by atoms with van der Waals surface area (Å²) in [5.74, 6) is -0.789. The van der Waals surface area contributed by atoms with Gasteiger partial charge >= 0.3 is 17.9 Å². The van der Waals surface area contributed by atoms with Gasteiger partial charge in [0.1, 0.15) is 37.5 Å². The van der Waals surface area contributed by atoms with Gasteiger partial charge in [0.15, 0.2) is 6.20 Å². The Morgan fingerprint density at radius 2 is 0.869 bits per heavy atom. The third-order valence-electron chi connectivity index (χ3n) is 11.6. The maximum Gasteiger partial charge on any atom is 0.318 e. The molecule has 0 spiro atoms. The molecule has 7 rings (SSSR count). The number of methoxy groups -OCH3 is 3. The smallest absolute Gasteiger partial charge is 0.318 e. The Morgan fingerprint density at radius 1 is 0.508 bits per heavy atom. The number of fused-ring (bicyclic) bond motifs is 3. The molecule has 6 aromatic carbocycles. The van der Waals surface area contributed by atoms with Crippen LogP contribution in [0.5, 0.6) is 23.0 Å². The number of nitrogens with zero attached hydrogens (tertiary/aromatic N) is 1. The Morgan fingerprint density at radius 3 is 1.28 bits per heavy atom. The Bertz CT molecular complexity index is 2790. The zero-order valence-electron chi connectivity index (χ0n) is 35.7. The van der Waals surface area contributed by atoms with Gasteiger partial charge in [-0.15, -0.1) is 0 Å². The summed E-state index contributed by atoms with van der Waals surface area (Å²) >= 11 is 0. The van der Waals surface area contributed by atoms with E-state index in [2.05, 4.69) is 0 Å². The van der Waals surface area contributed by atoms with Gasteiger partial charge in [-0.2, -0.15) is 0 Å². The van der Waals surface area contributed by atoms with Crippen LogP contribution in [-0.4, -0.2) is 39.2 Å². The molecule has 0 bridgehead atoms. The number of carbonyl (C=O) groups excluding carboxylic acids is 3. The Balaban J connectivity index is 1.16. The third kappa shape index (κ3) is 9.13. The zero-order chi connectivity index (χ0) is 43.4. The van der Waals surface area contributed by atoms with Crippen molar-refractivity contribution in [2.45, 2.75) is 58.7 Å². The number of benzene rings is 6. The number of aromatic nitrogens is 1. The second-order valence-electron chi connectivity index (χ2n) is 15.4. The minimum atomic E-state index is -0.648. The number of carbonyl (C=O) groups is 3. The molecule has 1 aromatic heterocycles. The van der Waals surface area contributed by atoms with Gasteiger partial charge in [0.05, 0.1) is 50.2 Å². The highest BCUT2D eigenvalue weighted by Crippen LogP contribution is 2.33. The van der Waals surface area contributed by atoms with Gasteiger partial charge in [0.25, 0.3) is 0 Å². The summed E-state index contributed by atoms with van der Waals surface area (Å²) in [6.45, 7) is 6.81. The molecule has 0 amide bonds. The lowest BCUT2D eigenvalue weighted by Crippen LogP contribution is -2.35. The molecule has 312 valence electrons. The van der Waals surface area contributed by atoms with E-state index in [4.69, 9.17) is 28.4 Å². The maximum atomic E-state index is 14.0. The first kappa shape index (κ1) is 42.2. The van der Waals surface area contributed by atoms with Crippen molar-refractivity contribution in [3.63, 3.8) is 0 Å². The molecular formula is C51H50NO9+. The first-order chi connectivity index (χ1) is 29.4. The molecule has 1 heterocycles. The average Bonchev–Trinajstić information content (AvgIpc) is 3.29. The predicted molar refractivity (Wildman–Crippen MR) is 234 cm³/mol. The molecule has 10 heteroatoms. The summed E-state index contributed by atoms with van der Waals surface area (Å²) in [6, 6.07) is 34.8. The fraction of sp³-hybridized carbons (Fsp3) is 0.255. The van der Waals surface area contributed by atoms with Crippen LogP contribution in [0.3, 0.4) is 0 Å². The Labute approximate surface area is 355 Å². The molecule has 7 aromatic rings. The second kappa shape index (κ2) is 18.1. The second-order valence-corrected chi connectivity index (χ2v) is 15.4. The van der Waals surface area contributed by atoms with Crippen molar-refractivity contribution in [1.29, 1.82) is 0 Å². The number of hydrogen-bond donors (Lipinski definition) is 0. The standard InChI is InChI=1S/C51H50NO9/c1-30(34-9-12-40-24-44(56-6)18-15-37(40)21-34)49(53)59-28-43-27-52(5)33(4)48(61-51(55)32(3)36-11-14-42-26-46(58-8)20-17-39(42)23-36)47(43)29-60-50(54)31(2)35-10-13-41-25-45(57-7)19-16-38(41)22-35/h9-27,30-32H,28-29H2,1-8H3/q+1/t30-,31-,32-/m0/s1. The van der Waals surface area contributed by atoms with Crippen LogP contribution in [0, 0.1) is 6.92 Å². The molecule has 0 radical (unpaired) electrons. The van der Waals surface area contributed by atoms with Crippen LogP contribution < -0.4 is 23.5 Å². The monoisotopic (exact) mass is 820 g/mol. The van der Waals surface area contributed by atoms with Crippen molar-refractivity contribution in [2.24, 2.45) is 7.05 Å². The highest BCUT2D eigenvalue weighted by atomic mass is 16.6. The molecule has 0 N–H and O–H groups in total. The summed E-state index contributed by atoms with van der Waals surface area (Å²) in [6.07, 6.45) is 1.80. The fourth-order valence-electron chi connectivity index (χ4n) is 7.41. The first-order valence-corrected chi connectivity index (χ1v) is 20.2. The van der Waals surface area contributed by atoms with E-state index in [9.17, 15) is 14.4 Å². The van der Waals surface area contributed by atoms with E-state index in [-0.39, 0.29) is 19.0 Å². The molecule has 0 aliphatic rings. The van der Waals surface area contributed by atoms with Gasteiger partial charge in [0.2, 0.25) is 11.4 Å². The Kier molecular flexibility index (Phi) is 12.5. The van der Waals surface area contributed by atoms with Crippen molar-refractivity contribution >= 4 is 50.2 Å². The minimum absolute atomic E-state index is 0.160. The topological polar surface area (TPSA) is 110 Å². The lowest BCUT2D eigenvalue weighted by atomic mass is 9.97. The fourth-order valence-corrected chi connectivity index (χ4v) is 7.41. The van der Waals surface area contributed by atoms with Gasteiger partial charge in [-0.25, -0.2) is 4.57 Å². The van der Waals surface area contributed by atoms with Crippen molar-refractivity contribution in [2.75, 3.05) is 21.3 Å². The summed E-state index contributed by atoms with van der Waals surface area (Å²) < 4.78 is 36.2. The summed E-state index contributed by atoms with van der Waals surface area (Å²) in [5.41, 5.74) is 3.91. The van der Waals surface area contributed by atoms with E-state index in [0.29, 0.717) is 16.8 Å². The van der Waals surface area contributed by atoms with Crippen molar-refractivity contribution in [1.82, 2.24) is 0 Å².